The van der Waals surface area contributed by atoms with E-state index in [-0.39, 0.29) is 23.7 Å². The molecule has 2 aromatic rings. The van der Waals surface area contributed by atoms with Crippen molar-refractivity contribution in [2.24, 2.45) is 5.92 Å². The maximum Gasteiger partial charge on any atom is 0.226 e. The molecule has 0 spiro atoms. The normalized spacial score (nSPS) is 22.9. The minimum absolute atomic E-state index is 0.0549. The molecule has 24 heavy (non-hydrogen) atoms. The highest BCUT2D eigenvalue weighted by Gasteiger charge is 2.38. The van der Waals surface area contributed by atoms with Gasteiger partial charge in [-0.3, -0.25) is 4.79 Å². The van der Waals surface area contributed by atoms with E-state index in [2.05, 4.69) is 18.2 Å². The second-order valence-corrected chi connectivity index (χ2v) is 7.12. The number of halogens is 2. The largest absolute Gasteiger partial charge is 0.335 e. The first-order valence-electron chi connectivity index (χ1n) is 8.45. The molecule has 4 rings (SSSR count). The molecule has 124 valence electrons. The van der Waals surface area contributed by atoms with Gasteiger partial charge in [0.15, 0.2) is 0 Å². The zero-order chi connectivity index (χ0) is 16.7. The first kappa shape index (κ1) is 15.6. The van der Waals surface area contributed by atoms with Crippen molar-refractivity contribution in [1.82, 2.24) is 4.90 Å². The van der Waals surface area contributed by atoms with Crippen molar-refractivity contribution < 1.29 is 9.18 Å². The van der Waals surface area contributed by atoms with E-state index in [9.17, 15) is 9.18 Å². The van der Waals surface area contributed by atoms with Gasteiger partial charge in [0, 0.05) is 17.5 Å². The van der Waals surface area contributed by atoms with Crippen LogP contribution in [0.2, 0.25) is 5.02 Å². The molecule has 1 aliphatic heterocycles. The fourth-order valence-corrected chi connectivity index (χ4v) is 4.32. The van der Waals surface area contributed by atoms with Gasteiger partial charge < -0.3 is 4.90 Å². The van der Waals surface area contributed by atoms with Crippen LogP contribution in [-0.4, -0.2) is 17.4 Å². The minimum atomic E-state index is -0.342. The number of carbonyl (C=O) groups is 1. The maximum absolute atomic E-state index is 13.2. The molecule has 4 heteroatoms. The Bertz CT molecular complexity index is 791. The summed E-state index contributed by atoms with van der Waals surface area (Å²) < 4.78 is 13.2. The zero-order valence-electron chi connectivity index (χ0n) is 13.3. The number of hydrogen-bond acceptors (Lipinski definition) is 1. The van der Waals surface area contributed by atoms with Gasteiger partial charge in [-0.15, -0.1) is 0 Å². The number of nitrogens with zero attached hydrogens (tertiary/aromatic N) is 1. The van der Waals surface area contributed by atoms with E-state index >= 15 is 0 Å². The number of amides is 1. The van der Waals surface area contributed by atoms with Crippen LogP contribution in [0, 0.1) is 11.7 Å². The molecule has 2 aliphatic rings. The lowest BCUT2D eigenvalue weighted by atomic mass is 9.98. The molecule has 0 bridgehead atoms. The first-order chi connectivity index (χ1) is 11.6. The Morgan fingerprint density at radius 3 is 2.83 bits per heavy atom. The van der Waals surface area contributed by atoms with E-state index in [1.807, 2.05) is 11.0 Å². The number of rotatable bonds is 3. The van der Waals surface area contributed by atoms with Crippen LogP contribution in [0.5, 0.6) is 0 Å². The summed E-state index contributed by atoms with van der Waals surface area (Å²) >= 11 is 6.12. The van der Waals surface area contributed by atoms with Crippen molar-refractivity contribution in [2.45, 2.75) is 31.7 Å². The molecule has 1 fully saturated rings. The van der Waals surface area contributed by atoms with E-state index in [1.165, 1.54) is 23.3 Å². The van der Waals surface area contributed by atoms with Crippen LogP contribution < -0.4 is 0 Å². The molecule has 1 heterocycles. The van der Waals surface area contributed by atoms with Crippen molar-refractivity contribution in [1.29, 1.82) is 0 Å². The standard InChI is InChI=1S/C20H19ClFNO/c21-18-12-16(22)7-5-14(18)11-15-9-10-23(20(15)24)19-8-6-13-3-1-2-4-17(13)19/h1-5,7,12,15,19H,6,8-11H2. The van der Waals surface area contributed by atoms with E-state index in [4.69, 9.17) is 11.6 Å². The van der Waals surface area contributed by atoms with Crippen molar-refractivity contribution in [3.63, 3.8) is 0 Å². The molecule has 1 aliphatic carbocycles. The average molecular weight is 344 g/mol. The number of carbonyl (C=O) groups excluding carboxylic acids is 1. The van der Waals surface area contributed by atoms with Crippen LogP contribution >= 0.6 is 11.6 Å². The highest BCUT2D eigenvalue weighted by Crippen LogP contribution is 2.39. The number of aryl methyl sites for hydroxylation is 1. The highest BCUT2D eigenvalue weighted by atomic mass is 35.5. The molecule has 0 N–H and O–H groups in total. The molecule has 1 saturated heterocycles. The van der Waals surface area contributed by atoms with Crippen LogP contribution in [0.4, 0.5) is 4.39 Å². The Morgan fingerprint density at radius 1 is 1.17 bits per heavy atom. The SMILES string of the molecule is O=C1C(Cc2ccc(F)cc2Cl)CCN1C1CCc2ccccc21. The van der Waals surface area contributed by atoms with Crippen molar-refractivity contribution in [2.75, 3.05) is 6.54 Å². The lowest BCUT2D eigenvalue weighted by molar-refractivity contribution is -0.133. The maximum atomic E-state index is 13.2. The number of likely N-dealkylation sites (tertiary alicyclic amines) is 1. The number of hydrogen-bond donors (Lipinski definition) is 0. The molecular weight excluding hydrogens is 325 g/mol. The summed E-state index contributed by atoms with van der Waals surface area (Å²) in [6.45, 7) is 0.793. The van der Waals surface area contributed by atoms with Gasteiger partial charge in [0.05, 0.1) is 6.04 Å². The van der Waals surface area contributed by atoms with Gasteiger partial charge in [0.2, 0.25) is 5.91 Å². The summed E-state index contributed by atoms with van der Waals surface area (Å²) in [5.41, 5.74) is 3.51. The van der Waals surface area contributed by atoms with Gasteiger partial charge in [-0.25, -0.2) is 4.39 Å². The topological polar surface area (TPSA) is 20.3 Å². The summed E-state index contributed by atoms with van der Waals surface area (Å²) in [5, 5.41) is 0.410. The summed E-state index contributed by atoms with van der Waals surface area (Å²) in [7, 11) is 0. The summed E-state index contributed by atoms with van der Waals surface area (Å²) in [5.74, 6) is -0.191. The van der Waals surface area contributed by atoms with Gasteiger partial charge >= 0.3 is 0 Å². The average Bonchev–Trinajstić information content (AvgIpc) is 3.14. The highest BCUT2D eigenvalue weighted by molar-refractivity contribution is 6.31. The summed E-state index contributed by atoms with van der Waals surface area (Å²) in [4.78, 5) is 14.9. The smallest absolute Gasteiger partial charge is 0.226 e. The second-order valence-electron chi connectivity index (χ2n) is 6.71. The predicted molar refractivity (Wildman–Crippen MR) is 92.4 cm³/mol. The van der Waals surface area contributed by atoms with Crippen LogP contribution in [-0.2, 0) is 17.6 Å². The Balaban J connectivity index is 1.51. The first-order valence-corrected chi connectivity index (χ1v) is 8.83. The van der Waals surface area contributed by atoms with E-state index in [0.717, 1.165) is 31.4 Å². The molecule has 0 saturated carbocycles. The Kier molecular flexibility index (Phi) is 4.05. The van der Waals surface area contributed by atoms with Gasteiger partial charge in [-0.1, -0.05) is 41.9 Å². The van der Waals surface area contributed by atoms with Crippen molar-refractivity contribution in [3.8, 4) is 0 Å². The van der Waals surface area contributed by atoms with Gasteiger partial charge in [0.25, 0.3) is 0 Å². The third kappa shape index (κ3) is 2.71. The lowest BCUT2D eigenvalue weighted by Crippen LogP contribution is -2.31. The third-order valence-corrected chi connectivity index (χ3v) is 5.66. The van der Waals surface area contributed by atoms with E-state index < -0.39 is 0 Å². The molecule has 0 radical (unpaired) electrons. The summed E-state index contributed by atoms with van der Waals surface area (Å²) in [6, 6.07) is 13.0. The Labute approximate surface area is 146 Å². The van der Waals surface area contributed by atoms with Crippen molar-refractivity contribution in [3.05, 3.63) is 70.0 Å². The van der Waals surface area contributed by atoms with E-state index in [1.54, 1.807) is 6.07 Å². The fraction of sp³-hybridized carbons (Fsp3) is 0.350. The molecule has 2 unspecified atom stereocenters. The van der Waals surface area contributed by atoms with Crippen LogP contribution in [0.15, 0.2) is 42.5 Å². The third-order valence-electron chi connectivity index (χ3n) is 5.31. The zero-order valence-corrected chi connectivity index (χ0v) is 14.1. The molecule has 1 amide bonds. The molecule has 0 aromatic heterocycles. The summed E-state index contributed by atoms with van der Waals surface area (Å²) in [6.07, 6.45) is 3.47. The quantitative estimate of drug-likeness (QED) is 0.800. The van der Waals surface area contributed by atoms with Gasteiger partial charge in [-0.2, -0.15) is 0 Å². The predicted octanol–water partition coefficient (Wildman–Crippen LogP) is 4.56. The monoisotopic (exact) mass is 343 g/mol. The van der Waals surface area contributed by atoms with Gasteiger partial charge in [-0.05, 0) is 54.5 Å². The molecule has 2 aromatic carbocycles. The van der Waals surface area contributed by atoms with Gasteiger partial charge in [0.1, 0.15) is 5.82 Å². The Hall–Kier alpha value is -1.87. The fourth-order valence-electron chi connectivity index (χ4n) is 4.07. The minimum Gasteiger partial charge on any atom is -0.335 e. The number of fused-ring (bicyclic) bond motifs is 1. The van der Waals surface area contributed by atoms with Crippen LogP contribution in [0.1, 0.15) is 35.6 Å². The Morgan fingerprint density at radius 2 is 2.00 bits per heavy atom. The lowest BCUT2D eigenvalue weighted by Gasteiger charge is -2.25. The second kappa shape index (κ2) is 6.21. The number of benzene rings is 2. The molecular formula is C20H19ClFNO. The molecule has 2 nitrogen and oxygen atoms in total. The van der Waals surface area contributed by atoms with E-state index in [0.29, 0.717) is 11.4 Å². The molecule has 2 atom stereocenters. The van der Waals surface area contributed by atoms with Crippen LogP contribution in [0.3, 0.4) is 0 Å². The van der Waals surface area contributed by atoms with Crippen molar-refractivity contribution >= 4 is 17.5 Å². The van der Waals surface area contributed by atoms with Crippen LogP contribution in [0.25, 0.3) is 0 Å².